The third-order valence-corrected chi connectivity index (χ3v) is 7.51. The molecule has 0 bridgehead atoms. The van der Waals surface area contributed by atoms with Gasteiger partial charge in [0.2, 0.25) is 0 Å². The molecular formula is C35H52O2. The molecule has 0 saturated carbocycles. The number of unbranched alkanes of at least 4 members (excludes halogenated alkanes) is 11. The first-order chi connectivity index (χ1) is 18.0. The monoisotopic (exact) mass is 504 g/mol. The van der Waals surface area contributed by atoms with Gasteiger partial charge in [0.25, 0.3) is 0 Å². The molecular weight excluding hydrogens is 452 g/mol. The van der Waals surface area contributed by atoms with Gasteiger partial charge in [0.05, 0.1) is 0 Å². The van der Waals surface area contributed by atoms with Crippen molar-refractivity contribution in [1.82, 2.24) is 0 Å². The number of carbonyl (C=O) groups excluding carboxylic acids is 2. The standard InChI is InChI=1S/C35H52O2/c1-5-8-11-13-15-17-20-31-25-29(24-28(4)34(31)36)22-23-30-26-32(19-10-7-3)35(37)33(27-30)21-18-16-14-12-9-6-2/h22-27H,5-21H2,1-4H3. The highest BCUT2D eigenvalue weighted by Crippen LogP contribution is 2.28. The Bertz CT molecular complexity index is 932. The van der Waals surface area contributed by atoms with Gasteiger partial charge in [-0.3, -0.25) is 9.59 Å². The summed E-state index contributed by atoms with van der Waals surface area (Å²) in [7, 11) is 0. The number of carbonyl (C=O) groups is 2. The van der Waals surface area contributed by atoms with E-state index < -0.39 is 0 Å². The van der Waals surface area contributed by atoms with Crippen LogP contribution in [0.25, 0.3) is 0 Å². The molecule has 2 heteroatoms. The third-order valence-electron chi connectivity index (χ3n) is 7.51. The Balaban J connectivity index is 2.12. The van der Waals surface area contributed by atoms with Crippen molar-refractivity contribution in [2.24, 2.45) is 0 Å². The third kappa shape index (κ3) is 11.4. The Morgan fingerprint density at radius 1 is 0.486 bits per heavy atom. The molecule has 2 nitrogen and oxygen atoms in total. The van der Waals surface area contributed by atoms with Crippen LogP contribution in [0.15, 0.2) is 69.9 Å². The van der Waals surface area contributed by atoms with Crippen LogP contribution in [-0.4, -0.2) is 11.6 Å². The van der Waals surface area contributed by atoms with E-state index >= 15 is 0 Å². The lowest BCUT2D eigenvalue weighted by molar-refractivity contribution is -0.113. The molecule has 0 atom stereocenters. The van der Waals surface area contributed by atoms with E-state index in [1.807, 2.05) is 13.0 Å². The van der Waals surface area contributed by atoms with E-state index in [1.165, 1.54) is 64.2 Å². The minimum absolute atomic E-state index is 0.199. The lowest BCUT2D eigenvalue weighted by Gasteiger charge is -2.16. The van der Waals surface area contributed by atoms with Crippen molar-refractivity contribution in [3.8, 4) is 0 Å². The predicted octanol–water partition coefficient (Wildman–Crippen LogP) is 10.4. The number of rotatable bonds is 18. The average molecular weight is 505 g/mol. The molecule has 0 fully saturated rings. The maximum Gasteiger partial charge on any atom is 0.185 e. The van der Waals surface area contributed by atoms with Crippen LogP contribution in [0.4, 0.5) is 0 Å². The van der Waals surface area contributed by atoms with Gasteiger partial charge in [-0.25, -0.2) is 0 Å². The second kappa shape index (κ2) is 18.1. The SMILES string of the molecule is CCCCCCCCC1=CC(=CC=C2C=C(CCCC)C(=O)C(CCCCCCCC)=C2)C=C(C)C1=O. The van der Waals surface area contributed by atoms with Crippen molar-refractivity contribution in [1.29, 1.82) is 0 Å². The Morgan fingerprint density at radius 3 is 1.35 bits per heavy atom. The molecule has 0 spiro atoms. The van der Waals surface area contributed by atoms with Gasteiger partial charge in [0.15, 0.2) is 11.6 Å². The van der Waals surface area contributed by atoms with Gasteiger partial charge >= 0.3 is 0 Å². The molecule has 0 aromatic heterocycles. The second-order valence-corrected chi connectivity index (χ2v) is 11.0. The molecule has 2 aliphatic carbocycles. The minimum Gasteiger partial charge on any atom is -0.289 e. The molecule has 2 rings (SSSR count). The molecule has 0 radical (unpaired) electrons. The molecule has 0 aromatic carbocycles. The van der Waals surface area contributed by atoms with Crippen molar-refractivity contribution in [3.05, 3.63) is 69.9 Å². The minimum atomic E-state index is 0.199. The van der Waals surface area contributed by atoms with E-state index in [0.717, 1.165) is 78.4 Å². The average Bonchev–Trinajstić information content (AvgIpc) is 2.89. The number of Topliss-reactive ketones (excluding diaryl/α,β-unsaturated/α-hetero) is 2. The largest absolute Gasteiger partial charge is 0.289 e. The van der Waals surface area contributed by atoms with Crippen LogP contribution in [0, 0.1) is 0 Å². The van der Waals surface area contributed by atoms with Crippen LogP contribution in [-0.2, 0) is 9.59 Å². The fourth-order valence-corrected chi connectivity index (χ4v) is 5.16. The van der Waals surface area contributed by atoms with E-state index in [4.69, 9.17) is 0 Å². The maximum atomic E-state index is 13.1. The van der Waals surface area contributed by atoms with E-state index in [1.54, 1.807) is 0 Å². The molecule has 0 aromatic rings. The van der Waals surface area contributed by atoms with Crippen molar-refractivity contribution < 1.29 is 9.59 Å². The zero-order valence-electron chi connectivity index (χ0n) is 24.3. The molecule has 0 unspecified atom stereocenters. The van der Waals surface area contributed by atoms with Crippen LogP contribution < -0.4 is 0 Å². The first-order valence-corrected chi connectivity index (χ1v) is 15.3. The summed E-state index contributed by atoms with van der Waals surface area (Å²) in [5, 5.41) is 0. The zero-order chi connectivity index (χ0) is 26.9. The van der Waals surface area contributed by atoms with Crippen LogP contribution in [0.3, 0.4) is 0 Å². The summed E-state index contributed by atoms with van der Waals surface area (Å²) in [6.45, 7) is 8.59. The highest BCUT2D eigenvalue weighted by Gasteiger charge is 2.20. The number of hydrogen-bond donors (Lipinski definition) is 0. The molecule has 0 saturated heterocycles. The quantitative estimate of drug-likeness (QED) is 0.174. The van der Waals surface area contributed by atoms with Crippen molar-refractivity contribution >= 4 is 11.6 Å². The summed E-state index contributed by atoms with van der Waals surface area (Å²) in [4.78, 5) is 25.8. The Hall–Kier alpha value is -2.22. The molecule has 37 heavy (non-hydrogen) atoms. The Labute approximate surface area is 227 Å². The molecule has 2 aliphatic rings. The van der Waals surface area contributed by atoms with Gasteiger partial charge in [-0.05, 0) is 86.5 Å². The summed E-state index contributed by atoms with van der Waals surface area (Å²) >= 11 is 0. The number of hydrogen-bond acceptors (Lipinski definition) is 2. The zero-order valence-corrected chi connectivity index (χ0v) is 24.3. The molecule has 0 N–H and O–H groups in total. The normalized spacial score (nSPS) is 18.3. The Morgan fingerprint density at radius 2 is 0.865 bits per heavy atom. The lowest BCUT2D eigenvalue weighted by atomic mass is 9.87. The van der Waals surface area contributed by atoms with Gasteiger partial charge in [-0.2, -0.15) is 0 Å². The van der Waals surface area contributed by atoms with Crippen molar-refractivity contribution in [2.75, 3.05) is 0 Å². The molecule has 0 heterocycles. The maximum absolute atomic E-state index is 13.1. The van der Waals surface area contributed by atoms with E-state index in [0.29, 0.717) is 0 Å². The summed E-state index contributed by atoms with van der Waals surface area (Å²) in [5.41, 5.74) is 5.88. The van der Waals surface area contributed by atoms with Crippen LogP contribution in [0.5, 0.6) is 0 Å². The van der Waals surface area contributed by atoms with Crippen molar-refractivity contribution in [3.63, 3.8) is 0 Å². The fraction of sp³-hybridized carbons (Fsp3) is 0.600. The van der Waals surface area contributed by atoms with Crippen LogP contribution in [0.1, 0.15) is 137 Å². The summed E-state index contributed by atoms with van der Waals surface area (Å²) in [5.74, 6) is 0.455. The predicted molar refractivity (Wildman–Crippen MR) is 160 cm³/mol. The first-order valence-electron chi connectivity index (χ1n) is 15.3. The van der Waals surface area contributed by atoms with Crippen LogP contribution >= 0.6 is 0 Å². The fourth-order valence-electron chi connectivity index (χ4n) is 5.16. The van der Waals surface area contributed by atoms with Gasteiger partial charge in [0, 0.05) is 16.7 Å². The van der Waals surface area contributed by atoms with E-state index in [-0.39, 0.29) is 11.6 Å². The summed E-state index contributed by atoms with van der Waals surface area (Å²) < 4.78 is 0. The molecule has 0 aliphatic heterocycles. The topological polar surface area (TPSA) is 34.1 Å². The van der Waals surface area contributed by atoms with Crippen molar-refractivity contribution in [2.45, 2.75) is 137 Å². The highest BCUT2D eigenvalue weighted by molar-refractivity contribution is 6.10. The van der Waals surface area contributed by atoms with Gasteiger partial charge in [0.1, 0.15) is 0 Å². The van der Waals surface area contributed by atoms with E-state index in [2.05, 4.69) is 51.2 Å². The van der Waals surface area contributed by atoms with E-state index in [9.17, 15) is 9.59 Å². The number of ketones is 2. The molecule has 0 amide bonds. The lowest BCUT2D eigenvalue weighted by Crippen LogP contribution is -2.11. The molecule has 204 valence electrons. The highest BCUT2D eigenvalue weighted by atomic mass is 16.1. The van der Waals surface area contributed by atoms with Gasteiger partial charge in [-0.15, -0.1) is 0 Å². The van der Waals surface area contributed by atoms with Gasteiger partial charge < -0.3 is 0 Å². The Kier molecular flexibility index (Phi) is 15.2. The van der Waals surface area contributed by atoms with Crippen LogP contribution in [0.2, 0.25) is 0 Å². The smallest absolute Gasteiger partial charge is 0.185 e. The summed E-state index contributed by atoms with van der Waals surface area (Å²) in [6, 6.07) is 0. The summed E-state index contributed by atoms with van der Waals surface area (Å²) in [6.07, 6.45) is 32.1. The number of allylic oxidation sites excluding steroid dienone is 12. The second-order valence-electron chi connectivity index (χ2n) is 11.0. The van der Waals surface area contributed by atoms with Gasteiger partial charge in [-0.1, -0.05) is 104 Å². The first kappa shape index (κ1) is 31.0.